The van der Waals surface area contributed by atoms with Gasteiger partial charge in [-0.15, -0.1) is 0 Å². The van der Waals surface area contributed by atoms with Crippen LogP contribution in [0.5, 0.6) is 17.4 Å². The molecule has 2 N–H and O–H groups in total. The van der Waals surface area contributed by atoms with Crippen LogP contribution in [0, 0.1) is 5.82 Å². The van der Waals surface area contributed by atoms with Crippen LogP contribution in [-0.2, 0) is 14.6 Å². The first-order chi connectivity index (χ1) is 14.5. The summed E-state index contributed by atoms with van der Waals surface area (Å²) in [5.41, 5.74) is 0.244. The Morgan fingerprint density at radius 2 is 1.90 bits per heavy atom. The molecule has 0 unspecified atom stereocenters. The van der Waals surface area contributed by atoms with E-state index in [1.54, 1.807) is 0 Å². The molecule has 0 saturated heterocycles. The van der Waals surface area contributed by atoms with Crippen LogP contribution < -0.4 is 10.1 Å². The Balaban J connectivity index is 1.74. The molecule has 1 aromatic heterocycles. The highest BCUT2D eigenvalue weighted by molar-refractivity contribution is 7.93. The zero-order valence-electron chi connectivity index (χ0n) is 16.5. The summed E-state index contributed by atoms with van der Waals surface area (Å²) < 4.78 is 42.7. The number of phenols is 1. The zero-order valence-corrected chi connectivity index (χ0v) is 18.0. The fourth-order valence-corrected chi connectivity index (χ4v) is 4.11. The molecule has 2 aromatic carbocycles. The molecule has 0 aliphatic carbocycles. The van der Waals surface area contributed by atoms with Gasteiger partial charge in [-0.3, -0.25) is 4.79 Å². The Morgan fingerprint density at radius 1 is 1.16 bits per heavy atom. The van der Waals surface area contributed by atoms with Crippen molar-refractivity contribution in [3.63, 3.8) is 0 Å². The van der Waals surface area contributed by atoms with E-state index in [4.69, 9.17) is 16.3 Å². The van der Waals surface area contributed by atoms with Gasteiger partial charge in [-0.2, -0.15) is 0 Å². The molecular weight excluding hydrogens is 447 g/mol. The highest BCUT2D eigenvalue weighted by Crippen LogP contribution is 2.29. The van der Waals surface area contributed by atoms with E-state index in [-0.39, 0.29) is 33.0 Å². The minimum Gasteiger partial charge on any atom is -0.508 e. The summed E-state index contributed by atoms with van der Waals surface area (Å²) >= 11 is 5.71. The number of amides is 1. The molecule has 1 heterocycles. The van der Waals surface area contributed by atoms with Gasteiger partial charge in [0.15, 0.2) is 9.84 Å². The van der Waals surface area contributed by atoms with Gasteiger partial charge >= 0.3 is 0 Å². The van der Waals surface area contributed by atoms with Crippen LogP contribution in [0.25, 0.3) is 0 Å². The number of pyridine rings is 1. The number of rotatable bonds is 6. The van der Waals surface area contributed by atoms with Crippen molar-refractivity contribution in [2.75, 3.05) is 5.32 Å². The molecule has 7 nitrogen and oxygen atoms in total. The highest BCUT2D eigenvalue weighted by Gasteiger charge is 2.43. The van der Waals surface area contributed by atoms with Gasteiger partial charge in [-0.1, -0.05) is 17.7 Å². The molecular formula is C21H18ClFN2O5S. The molecule has 0 aliphatic heterocycles. The number of sulfone groups is 1. The summed E-state index contributed by atoms with van der Waals surface area (Å²) in [6.07, 6.45) is 1.29. The molecule has 3 rings (SSSR count). The lowest BCUT2D eigenvalue weighted by atomic mass is 10.2. The van der Waals surface area contributed by atoms with E-state index in [2.05, 4.69) is 10.3 Å². The second-order valence-electron chi connectivity index (χ2n) is 7.03. The summed E-state index contributed by atoms with van der Waals surface area (Å²) in [6.45, 7) is 2.54. The third kappa shape index (κ3) is 4.78. The first-order valence-corrected chi connectivity index (χ1v) is 10.8. The Kier molecular flexibility index (Phi) is 6.19. The van der Waals surface area contributed by atoms with E-state index in [9.17, 15) is 22.7 Å². The van der Waals surface area contributed by atoms with Crippen LogP contribution in [0.2, 0.25) is 5.02 Å². The van der Waals surface area contributed by atoms with Crippen LogP contribution in [0.15, 0.2) is 65.7 Å². The predicted molar refractivity (Wildman–Crippen MR) is 114 cm³/mol. The summed E-state index contributed by atoms with van der Waals surface area (Å²) in [5, 5.41) is 12.0. The Bertz CT molecular complexity index is 1230. The molecule has 0 fully saturated rings. The fraction of sp³-hybridized carbons (Fsp3) is 0.143. The number of halogens is 2. The lowest BCUT2D eigenvalue weighted by molar-refractivity contribution is -0.117. The van der Waals surface area contributed by atoms with Crippen LogP contribution in [-0.4, -0.2) is 29.2 Å². The van der Waals surface area contributed by atoms with Crippen LogP contribution in [0.4, 0.5) is 10.1 Å². The SMILES string of the molecule is CC(C)(C(=O)Nc1ccc(Oc2ccc(F)c(Cl)c2)nc1)S(=O)(=O)c1cccc(O)c1. The lowest BCUT2D eigenvalue weighted by Crippen LogP contribution is -2.44. The van der Waals surface area contributed by atoms with Crippen molar-refractivity contribution in [1.29, 1.82) is 0 Å². The summed E-state index contributed by atoms with van der Waals surface area (Å²) in [5.74, 6) is -1.15. The molecule has 162 valence electrons. The van der Waals surface area contributed by atoms with Crippen LogP contribution >= 0.6 is 11.6 Å². The maximum atomic E-state index is 13.2. The number of aromatic nitrogens is 1. The van der Waals surface area contributed by atoms with E-state index in [1.807, 2.05) is 0 Å². The number of carbonyl (C=O) groups excluding carboxylic acids is 1. The van der Waals surface area contributed by atoms with Gasteiger partial charge < -0.3 is 15.2 Å². The molecule has 0 bridgehead atoms. The van der Waals surface area contributed by atoms with E-state index in [0.29, 0.717) is 0 Å². The molecule has 31 heavy (non-hydrogen) atoms. The van der Waals surface area contributed by atoms with Crippen molar-refractivity contribution in [1.82, 2.24) is 4.98 Å². The first kappa shape index (κ1) is 22.5. The average Bonchev–Trinajstić information content (AvgIpc) is 2.72. The van der Waals surface area contributed by atoms with E-state index >= 15 is 0 Å². The Morgan fingerprint density at radius 3 is 2.52 bits per heavy atom. The van der Waals surface area contributed by atoms with Crippen LogP contribution in [0.3, 0.4) is 0 Å². The van der Waals surface area contributed by atoms with Crippen molar-refractivity contribution >= 4 is 33.0 Å². The topological polar surface area (TPSA) is 106 Å². The number of hydrogen-bond donors (Lipinski definition) is 2. The monoisotopic (exact) mass is 464 g/mol. The predicted octanol–water partition coefficient (Wildman–Crippen LogP) is 4.56. The number of anilines is 1. The number of hydrogen-bond acceptors (Lipinski definition) is 6. The van der Waals surface area contributed by atoms with Crippen LogP contribution in [0.1, 0.15) is 13.8 Å². The number of aromatic hydroxyl groups is 1. The van der Waals surface area contributed by atoms with E-state index in [0.717, 1.165) is 12.1 Å². The third-order valence-electron chi connectivity index (χ3n) is 4.45. The van der Waals surface area contributed by atoms with Gasteiger partial charge in [0, 0.05) is 12.1 Å². The van der Waals surface area contributed by atoms with Gasteiger partial charge in [-0.25, -0.2) is 17.8 Å². The number of nitrogens with zero attached hydrogens (tertiary/aromatic N) is 1. The fourth-order valence-electron chi connectivity index (χ4n) is 2.52. The van der Waals surface area contributed by atoms with Crippen molar-refractivity contribution in [3.8, 4) is 17.4 Å². The number of nitrogens with one attached hydrogen (secondary N) is 1. The summed E-state index contributed by atoms with van der Waals surface area (Å²) in [4.78, 5) is 16.6. The van der Waals surface area contributed by atoms with Gasteiger partial charge in [0.25, 0.3) is 0 Å². The number of phenolic OH excluding ortho intramolecular Hbond substituents is 1. The highest BCUT2D eigenvalue weighted by atomic mass is 35.5. The van der Waals surface area contributed by atoms with Gasteiger partial charge in [0.2, 0.25) is 11.8 Å². The first-order valence-electron chi connectivity index (χ1n) is 8.95. The van der Waals surface area contributed by atoms with Gasteiger partial charge in [0.05, 0.1) is 21.8 Å². The summed E-state index contributed by atoms with van der Waals surface area (Å²) in [7, 11) is -4.10. The van der Waals surface area contributed by atoms with E-state index in [1.165, 1.54) is 62.5 Å². The smallest absolute Gasteiger partial charge is 0.245 e. The minimum atomic E-state index is -4.10. The molecule has 0 spiro atoms. The standard InChI is InChI=1S/C21H18ClFN2O5S/c1-21(2,31(28,29)16-5-3-4-14(26)10-16)20(27)25-13-6-9-19(24-12-13)30-15-7-8-18(23)17(22)11-15/h3-12,26H,1-2H3,(H,25,27). The maximum Gasteiger partial charge on any atom is 0.245 e. The number of ether oxygens (including phenoxy) is 1. The molecule has 0 atom stereocenters. The second kappa shape index (κ2) is 8.52. The molecule has 3 aromatic rings. The molecule has 0 radical (unpaired) electrons. The third-order valence-corrected chi connectivity index (χ3v) is 7.15. The van der Waals surface area contributed by atoms with Gasteiger partial charge in [0.1, 0.15) is 22.1 Å². The Hall–Kier alpha value is -3.17. The van der Waals surface area contributed by atoms with Crippen molar-refractivity contribution in [2.45, 2.75) is 23.5 Å². The quantitative estimate of drug-likeness (QED) is 0.553. The molecule has 0 saturated carbocycles. The lowest BCUT2D eigenvalue weighted by Gasteiger charge is -2.24. The van der Waals surface area contributed by atoms with Gasteiger partial charge in [-0.05, 0) is 50.2 Å². The second-order valence-corrected chi connectivity index (χ2v) is 9.93. The molecule has 1 amide bonds. The summed E-state index contributed by atoms with van der Waals surface area (Å²) in [6, 6.07) is 11.9. The largest absolute Gasteiger partial charge is 0.508 e. The molecule has 0 aliphatic rings. The normalized spacial score (nSPS) is 11.7. The number of carbonyl (C=O) groups is 1. The van der Waals surface area contributed by atoms with E-state index < -0.39 is 26.3 Å². The van der Waals surface area contributed by atoms with Crippen molar-refractivity contribution in [2.24, 2.45) is 0 Å². The van der Waals surface area contributed by atoms with Crippen molar-refractivity contribution < 1.29 is 27.4 Å². The average molecular weight is 465 g/mol. The molecule has 10 heteroatoms. The maximum absolute atomic E-state index is 13.2. The minimum absolute atomic E-state index is 0.100. The van der Waals surface area contributed by atoms with Crippen molar-refractivity contribution in [3.05, 3.63) is 71.6 Å². The zero-order chi connectivity index (χ0) is 22.8. The number of benzene rings is 2. The Labute approximate surface area is 183 Å².